The molecule has 0 amide bonds. The summed E-state index contributed by atoms with van der Waals surface area (Å²) in [4.78, 5) is 14.1. The summed E-state index contributed by atoms with van der Waals surface area (Å²) in [6, 6.07) is 10.1. The van der Waals surface area contributed by atoms with Crippen LogP contribution < -0.4 is 5.73 Å². The topological polar surface area (TPSA) is 112 Å². The zero-order valence-electron chi connectivity index (χ0n) is 10.7. The van der Waals surface area contributed by atoms with E-state index in [1.807, 2.05) is 25.1 Å². The molecule has 0 atom stereocenters. The van der Waals surface area contributed by atoms with Gasteiger partial charge in [0.15, 0.2) is 0 Å². The number of aromatic carboxylic acids is 1. The van der Waals surface area contributed by atoms with Gasteiger partial charge >= 0.3 is 5.97 Å². The number of carboxylic acids is 1. The summed E-state index contributed by atoms with van der Waals surface area (Å²) in [5, 5.41) is 12.7. The lowest BCUT2D eigenvalue weighted by molar-refractivity contribution is 0.0698. The molecular weight excluding hydrogens is 256 g/mol. The van der Waals surface area contributed by atoms with Gasteiger partial charge in [0, 0.05) is 21.8 Å². The highest BCUT2D eigenvalue weighted by atomic mass is 16.4. The molecule has 0 heterocycles. The van der Waals surface area contributed by atoms with E-state index in [1.54, 1.807) is 6.07 Å². The van der Waals surface area contributed by atoms with E-state index in [1.165, 1.54) is 12.1 Å². The second-order valence-electron chi connectivity index (χ2n) is 4.27. The Morgan fingerprint density at radius 2 is 2.05 bits per heavy atom. The number of carbonyl (C=O) groups is 1. The Morgan fingerprint density at radius 1 is 1.35 bits per heavy atom. The Kier molecular flexibility index (Phi) is 3.59. The van der Waals surface area contributed by atoms with Gasteiger partial charge in [-0.05, 0) is 35.7 Å². The first-order valence-corrected chi connectivity index (χ1v) is 5.82. The van der Waals surface area contributed by atoms with Gasteiger partial charge in [-0.3, -0.25) is 0 Å². The third-order valence-electron chi connectivity index (χ3n) is 2.96. The average molecular weight is 268 g/mol. The standard InChI is InChI=1S/C14H12N4O2/c1-8-4-2-3-5-10(8)13-11(14(19)20)6-9(17-18-16)7-12(13)15/h2-7H,15H2,1H3,(H,19,20). The van der Waals surface area contributed by atoms with Gasteiger partial charge in [0.25, 0.3) is 0 Å². The Labute approximate surface area is 115 Å². The minimum absolute atomic E-state index is 0.0155. The maximum atomic E-state index is 11.4. The molecule has 0 saturated heterocycles. The van der Waals surface area contributed by atoms with Crippen molar-refractivity contribution in [2.75, 3.05) is 5.73 Å². The van der Waals surface area contributed by atoms with E-state index in [2.05, 4.69) is 10.0 Å². The van der Waals surface area contributed by atoms with Crippen molar-refractivity contribution in [3.63, 3.8) is 0 Å². The van der Waals surface area contributed by atoms with Gasteiger partial charge in [0.2, 0.25) is 0 Å². The predicted molar refractivity (Wildman–Crippen MR) is 76.8 cm³/mol. The Bertz CT molecular complexity index is 734. The fourth-order valence-electron chi connectivity index (χ4n) is 2.08. The van der Waals surface area contributed by atoms with E-state index in [4.69, 9.17) is 11.3 Å². The molecule has 0 aliphatic carbocycles. The number of rotatable bonds is 3. The molecule has 0 saturated carbocycles. The number of nitrogens with two attached hydrogens (primary N) is 1. The highest BCUT2D eigenvalue weighted by Gasteiger charge is 2.17. The maximum absolute atomic E-state index is 11.4. The lowest BCUT2D eigenvalue weighted by Gasteiger charge is -2.13. The van der Waals surface area contributed by atoms with Gasteiger partial charge in [0.1, 0.15) is 0 Å². The zero-order valence-corrected chi connectivity index (χ0v) is 10.7. The number of azide groups is 1. The number of nitrogens with zero attached hydrogens (tertiary/aromatic N) is 3. The molecule has 0 fully saturated rings. The van der Waals surface area contributed by atoms with Crippen molar-refractivity contribution < 1.29 is 9.90 Å². The molecule has 0 aromatic heterocycles. The molecule has 0 spiro atoms. The van der Waals surface area contributed by atoms with Crippen molar-refractivity contribution >= 4 is 17.3 Å². The number of nitrogen functional groups attached to an aromatic ring is 1. The van der Waals surface area contributed by atoms with Crippen LogP contribution in [0.1, 0.15) is 15.9 Å². The largest absolute Gasteiger partial charge is 0.478 e. The normalized spacial score (nSPS) is 9.85. The predicted octanol–water partition coefficient (Wildman–Crippen LogP) is 3.88. The fraction of sp³-hybridized carbons (Fsp3) is 0.0714. The molecule has 0 aliphatic heterocycles. The molecule has 20 heavy (non-hydrogen) atoms. The smallest absolute Gasteiger partial charge is 0.336 e. The zero-order chi connectivity index (χ0) is 14.7. The number of hydrogen-bond donors (Lipinski definition) is 2. The van der Waals surface area contributed by atoms with Crippen LogP contribution in [0.25, 0.3) is 21.6 Å². The molecule has 2 rings (SSSR count). The average Bonchev–Trinajstić information content (AvgIpc) is 2.39. The van der Waals surface area contributed by atoms with Crippen molar-refractivity contribution in [1.82, 2.24) is 0 Å². The first kappa shape index (κ1) is 13.5. The van der Waals surface area contributed by atoms with Crippen LogP contribution in [0.5, 0.6) is 0 Å². The molecule has 2 aromatic carbocycles. The summed E-state index contributed by atoms with van der Waals surface area (Å²) in [6.07, 6.45) is 0. The highest BCUT2D eigenvalue weighted by molar-refractivity contribution is 6.01. The van der Waals surface area contributed by atoms with Crippen molar-refractivity contribution in [1.29, 1.82) is 0 Å². The summed E-state index contributed by atoms with van der Waals surface area (Å²) in [5.74, 6) is -1.12. The summed E-state index contributed by atoms with van der Waals surface area (Å²) in [6.45, 7) is 1.88. The third-order valence-corrected chi connectivity index (χ3v) is 2.96. The molecule has 0 radical (unpaired) electrons. The van der Waals surface area contributed by atoms with Crippen LogP contribution in [-0.4, -0.2) is 11.1 Å². The van der Waals surface area contributed by atoms with E-state index in [0.717, 1.165) is 11.1 Å². The highest BCUT2D eigenvalue weighted by Crippen LogP contribution is 2.35. The van der Waals surface area contributed by atoms with Crippen molar-refractivity contribution in [2.24, 2.45) is 5.11 Å². The van der Waals surface area contributed by atoms with Crippen molar-refractivity contribution in [2.45, 2.75) is 6.92 Å². The first-order valence-electron chi connectivity index (χ1n) is 5.82. The molecule has 6 nitrogen and oxygen atoms in total. The first-order chi connectivity index (χ1) is 9.54. The molecule has 0 unspecified atom stereocenters. The second-order valence-corrected chi connectivity index (χ2v) is 4.27. The van der Waals surface area contributed by atoms with Gasteiger partial charge in [-0.2, -0.15) is 0 Å². The van der Waals surface area contributed by atoms with Gasteiger partial charge in [0.05, 0.1) is 5.56 Å². The monoisotopic (exact) mass is 268 g/mol. The molecule has 0 aliphatic rings. The van der Waals surface area contributed by atoms with Gasteiger partial charge in [-0.1, -0.05) is 29.4 Å². The van der Waals surface area contributed by atoms with E-state index < -0.39 is 5.97 Å². The lowest BCUT2D eigenvalue weighted by atomic mass is 9.94. The van der Waals surface area contributed by atoms with Crippen LogP contribution in [0.15, 0.2) is 41.5 Å². The minimum atomic E-state index is -1.12. The molecule has 3 N–H and O–H groups in total. The number of benzene rings is 2. The maximum Gasteiger partial charge on any atom is 0.336 e. The fourth-order valence-corrected chi connectivity index (χ4v) is 2.08. The Hall–Kier alpha value is -2.98. The Morgan fingerprint density at radius 3 is 2.65 bits per heavy atom. The summed E-state index contributed by atoms with van der Waals surface area (Å²) in [7, 11) is 0. The van der Waals surface area contributed by atoms with E-state index >= 15 is 0 Å². The SMILES string of the molecule is Cc1ccccc1-c1c(N)cc(N=[N+]=[N-])cc1C(=O)O. The molecular formula is C14H12N4O2. The molecule has 6 heteroatoms. The third kappa shape index (κ3) is 2.41. The van der Waals surface area contributed by atoms with Crippen LogP contribution in [0.2, 0.25) is 0 Å². The minimum Gasteiger partial charge on any atom is -0.478 e. The molecule has 2 aromatic rings. The van der Waals surface area contributed by atoms with Crippen LogP contribution in [0, 0.1) is 6.92 Å². The number of anilines is 1. The number of aryl methyl sites for hydroxylation is 1. The van der Waals surface area contributed by atoms with E-state index in [-0.39, 0.29) is 16.9 Å². The summed E-state index contributed by atoms with van der Waals surface area (Å²) < 4.78 is 0. The van der Waals surface area contributed by atoms with Crippen LogP contribution >= 0.6 is 0 Å². The van der Waals surface area contributed by atoms with Crippen molar-refractivity contribution in [3.05, 3.63) is 58.0 Å². The molecule has 100 valence electrons. The van der Waals surface area contributed by atoms with Crippen molar-refractivity contribution in [3.8, 4) is 11.1 Å². The van der Waals surface area contributed by atoms with Gasteiger partial charge in [-0.15, -0.1) is 0 Å². The van der Waals surface area contributed by atoms with Gasteiger partial charge < -0.3 is 10.8 Å². The molecule has 0 bridgehead atoms. The lowest BCUT2D eigenvalue weighted by Crippen LogP contribution is -2.03. The van der Waals surface area contributed by atoms with Crippen LogP contribution in [0.3, 0.4) is 0 Å². The summed E-state index contributed by atoms with van der Waals surface area (Å²) in [5.41, 5.74) is 16.9. The van der Waals surface area contributed by atoms with E-state index in [0.29, 0.717) is 5.56 Å². The van der Waals surface area contributed by atoms with Gasteiger partial charge in [-0.25, -0.2) is 4.79 Å². The van der Waals surface area contributed by atoms with Crippen LogP contribution in [0.4, 0.5) is 11.4 Å². The second kappa shape index (κ2) is 5.34. The number of hydrogen-bond acceptors (Lipinski definition) is 3. The quantitative estimate of drug-likeness (QED) is 0.381. The summed E-state index contributed by atoms with van der Waals surface area (Å²) >= 11 is 0. The van der Waals surface area contributed by atoms with E-state index in [9.17, 15) is 9.90 Å². The number of carboxylic acid groups (broad SMARTS) is 1. The van der Waals surface area contributed by atoms with Crippen LogP contribution in [-0.2, 0) is 0 Å². The Balaban J connectivity index is 2.79.